The zero-order chi connectivity index (χ0) is 13.0. The third kappa shape index (κ3) is 2.57. The predicted molar refractivity (Wildman–Crippen MR) is 61.9 cm³/mol. The first-order valence-corrected chi connectivity index (χ1v) is 5.59. The fourth-order valence-electron chi connectivity index (χ4n) is 1.64. The molecule has 0 spiro atoms. The zero-order valence-corrected chi connectivity index (χ0v) is 9.96. The van der Waals surface area contributed by atoms with E-state index in [4.69, 9.17) is 9.52 Å². The first-order chi connectivity index (χ1) is 8.72. The summed E-state index contributed by atoms with van der Waals surface area (Å²) in [6.45, 7) is 3.64. The molecule has 0 aliphatic rings. The van der Waals surface area contributed by atoms with Gasteiger partial charge in [-0.2, -0.15) is 0 Å². The van der Waals surface area contributed by atoms with Gasteiger partial charge >= 0.3 is 5.97 Å². The predicted octanol–water partition coefficient (Wildman–Crippen LogP) is 0.879. The Morgan fingerprint density at radius 3 is 3.11 bits per heavy atom. The summed E-state index contributed by atoms with van der Waals surface area (Å²) in [6.07, 6.45) is 3.03. The Morgan fingerprint density at radius 2 is 2.39 bits per heavy atom. The number of aromatic nitrogens is 3. The molecular formula is C11H14N4O3. The minimum atomic E-state index is -0.989. The minimum Gasteiger partial charge on any atom is -0.478 e. The summed E-state index contributed by atoms with van der Waals surface area (Å²) < 4.78 is 7.03. The van der Waals surface area contributed by atoms with E-state index in [1.807, 2.05) is 11.5 Å². The molecule has 2 aromatic rings. The van der Waals surface area contributed by atoms with Gasteiger partial charge in [0.2, 0.25) is 0 Å². The molecule has 2 aromatic heterocycles. The summed E-state index contributed by atoms with van der Waals surface area (Å²) in [6, 6.07) is 1.44. The molecule has 0 unspecified atom stereocenters. The number of carboxylic acids is 1. The molecule has 0 amide bonds. The quantitative estimate of drug-likeness (QED) is 0.790. The molecule has 0 fully saturated rings. The van der Waals surface area contributed by atoms with E-state index in [9.17, 15) is 4.79 Å². The van der Waals surface area contributed by atoms with Gasteiger partial charge in [-0.1, -0.05) is 0 Å². The van der Waals surface area contributed by atoms with Crippen LogP contribution < -0.4 is 5.32 Å². The van der Waals surface area contributed by atoms with Gasteiger partial charge in [-0.3, -0.25) is 0 Å². The number of rotatable bonds is 6. The second kappa shape index (κ2) is 5.46. The van der Waals surface area contributed by atoms with E-state index in [1.165, 1.54) is 12.3 Å². The van der Waals surface area contributed by atoms with Crippen LogP contribution >= 0.6 is 0 Å². The molecule has 2 N–H and O–H groups in total. The second-order valence-corrected chi connectivity index (χ2v) is 3.70. The Bertz CT molecular complexity index is 532. The van der Waals surface area contributed by atoms with E-state index < -0.39 is 5.97 Å². The van der Waals surface area contributed by atoms with Gasteiger partial charge in [-0.15, -0.1) is 10.2 Å². The number of carboxylic acid groups (broad SMARTS) is 1. The first-order valence-electron chi connectivity index (χ1n) is 5.59. The van der Waals surface area contributed by atoms with E-state index in [0.29, 0.717) is 18.8 Å². The number of aromatic carboxylic acids is 1. The molecule has 7 nitrogen and oxygen atoms in total. The average Bonchev–Trinajstić information content (AvgIpc) is 2.97. The normalized spacial score (nSPS) is 10.7. The van der Waals surface area contributed by atoms with Crippen molar-refractivity contribution in [2.24, 2.45) is 0 Å². The summed E-state index contributed by atoms with van der Waals surface area (Å²) in [4.78, 5) is 10.9. The van der Waals surface area contributed by atoms with E-state index in [2.05, 4.69) is 15.5 Å². The van der Waals surface area contributed by atoms with Gasteiger partial charge < -0.3 is 19.4 Å². The van der Waals surface area contributed by atoms with Crippen molar-refractivity contribution >= 4 is 5.97 Å². The first kappa shape index (κ1) is 12.3. The molecule has 7 heteroatoms. The van der Waals surface area contributed by atoms with Crippen LogP contribution in [0.4, 0.5) is 0 Å². The number of nitrogens with zero attached hydrogens (tertiary/aromatic N) is 3. The van der Waals surface area contributed by atoms with Crippen molar-refractivity contribution in [3.63, 3.8) is 0 Å². The molecule has 0 atom stereocenters. The summed E-state index contributed by atoms with van der Waals surface area (Å²) >= 11 is 0. The van der Waals surface area contributed by atoms with Crippen LogP contribution in [-0.2, 0) is 19.6 Å². The third-order valence-corrected chi connectivity index (χ3v) is 2.58. The Balaban J connectivity index is 1.92. The van der Waals surface area contributed by atoms with Crippen LogP contribution in [0.2, 0.25) is 0 Å². The van der Waals surface area contributed by atoms with Gasteiger partial charge in [-0.25, -0.2) is 4.79 Å². The monoisotopic (exact) mass is 250 g/mol. The number of carbonyl (C=O) groups is 1. The Kier molecular flexibility index (Phi) is 3.73. The third-order valence-electron chi connectivity index (χ3n) is 2.58. The number of aryl methyl sites for hydroxylation is 1. The molecule has 0 saturated carbocycles. The van der Waals surface area contributed by atoms with Crippen molar-refractivity contribution in [1.29, 1.82) is 0 Å². The maximum atomic E-state index is 10.9. The topological polar surface area (TPSA) is 93.2 Å². The Labute approximate surface area is 103 Å². The van der Waals surface area contributed by atoms with Crippen molar-refractivity contribution in [3.8, 4) is 0 Å². The highest BCUT2D eigenvalue weighted by molar-refractivity contribution is 5.88. The second-order valence-electron chi connectivity index (χ2n) is 3.70. The van der Waals surface area contributed by atoms with Gasteiger partial charge in [0, 0.05) is 6.54 Å². The molecule has 18 heavy (non-hydrogen) atoms. The molecule has 0 aliphatic carbocycles. The maximum absolute atomic E-state index is 10.9. The van der Waals surface area contributed by atoms with Gasteiger partial charge in [-0.05, 0) is 13.0 Å². The van der Waals surface area contributed by atoms with Crippen LogP contribution in [0.15, 0.2) is 23.1 Å². The van der Waals surface area contributed by atoms with Crippen LogP contribution in [-0.4, -0.2) is 25.8 Å². The van der Waals surface area contributed by atoms with E-state index in [-0.39, 0.29) is 5.56 Å². The Morgan fingerprint density at radius 1 is 1.56 bits per heavy atom. The molecule has 0 aromatic carbocycles. The smallest absolute Gasteiger partial charge is 0.339 e. The molecule has 96 valence electrons. The largest absolute Gasteiger partial charge is 0.478 e. The van der Waals surface area contributed by atoms with Crippen LogP contribution in [0.25, 0.3) is 0 Å². The van der Waals surface area contributed by atoms with Crippen molar-refractivity contribution in [2.45, 2.75) is 26.6 Å². The molecule has 0 radical (unpaired) electrons. The number of furan rings is 1. The lowest BCUT2D eigenvalue weighted by Gasteiger charge is -2.04. The van der Waals surface area contributed by atoms with Crippen molar-refractivity contribution in [1.82, 2.24) is 20.1 Å². The molecule has 2 heterocycles. The van der Waals surface area contributed by atoms with E-state index >= 15 is 0 Å². The molecular weight excluding hydrogens is 236 g/mol. The highest BCUT2D eigenvalue weighted by Crippen LogP contribution is 2.10. The average molecular weight is 250 g/mol. The lowest BCUT2D eigenvalue weighted by Crippen LogP contribution is -2.17. The van der Waals surface area contributed by atoms with Crippen LogP contribution in [0.3, 0.4) is 0 Å². The van der Waals surface area contributed by atoms with Crippen molar-refractivity contribution in [2.75, 3.05) is 0 Å². The standard InChI is InChI=1S/C11H14N4O3/c1-2-15-7-13-14-10(15)6-12-5-9-8(11(16)17)3-4-18-9/h3-4,7,12H,2,5-6H2,1H3,(H,16,17). The summed E-state index contributed by atoms with van der Waals surface area (Å²) in [5.74, 6) is 0.225. The van der Waals surface area contributed by atoms with Crippen LogP contribution in [0.1, 0.15) is 28.9 Å². The van der Waals surface area contributed by atoms with Gasteiger partial charge in [0.15, 0.2) is 0 Å². The zero-order valence-electron chi connectivity index (χ0n) is 9.96. The molecule has 0 bridgehead atoms. The summed E-state index contributed by atoms with van der Waals surface area (Å²) in [7, 11) is 0. The summed E-state index contributed by atoms with van der Waals surface area (Å²) in [5, 5.41) is 19.8. The van der Waals surface area contributed by atoms with Crippen molar-refractivity contribution < 1.29 is 14.3 Å². The number of nitrogens with one attached hydrogen (secondary N) is 1. The summed E-state index contributed by atoms with van der Waals surface area (Å²) in [5.41, 5.74) is 0.180. The van der Waals surface area contributed by atoms with Crippen LogP contribution in [0.5, 0.6) is 0 Å². The highest BCUT2D eigenvalue weighted by Gasteiger charge is 2.12. The lowest BCUT2D eigenvalue weighted by molar-refractivity contribution is 0.0694. The van der Waals surface area contributed by atoms with E-state index in [1.54, 1.807) is 6.33 Å². The van der Waals surface area contributed by atoms with Gasteiger partial charge in [0.1, 0.15) is 23.5 Å². The maximum Gasteiger partial charge on any atom is 0.339 e. The molecule has 0 saturated heterocycles. The number of hydrogen-bond acceptors (Lipinski definition) is 5. The fraction of sp³-hybridized carbons (Fsp3) is 0.364. The van der Waals surface area contributed by atoms with E-state index in [0.717, 1.165) is 12.4 Å². The van der Waals surface area contributed by atoms with Crippen molar-refractivity contribution in [3.05, 3.63) is 35.8 Å². The fourth-order valence-corrected chi connectivity index (χ4v) is 1.64. The Hall–Kier alpha value is -2.15. The number of hydrogen-bond donors (Lipinski definition) is 2. The van der Waals surface area contributed by atoms with Gasteiger partial charge in [0.05, 0.1) is 19.4 Å². The molecule has 2 rings (SSSR count). The lowest BCUT2D eigenvalue weighted by atomic mass is 10.2. The van der Waals surface area contributed by atoms with Crippen LogP contribution in [0, 0.1) is 0 Å². The highest BCUT2D eigenvalue weighted by atomic mass is 16.4. The minimum absolute atomic E-state index is 0.180. The van der Waals surface area contributed by atoms with Gasteiger partial charge in [0.25, 0.3) is 0 Å². The SMILES string of the molecule is CCn1cnnc1CNCc1occc1C(=O)O. The molecule has 0 aliphatic heterocycles.